The number of anilines is 3. The maximum atomic E-state index is 14.4. The molecule has 10 heteroatoms. The maximum absolute atomic E-state index is 14.4. The van der Waals surface area contributed by atoms with Gasteiger partial charge in [-0.2, -0.15) is 0 Å². The van der Waals surface area contributed by atoms with Gasteiger partial charge in [-0.15, -0.1) is 0 Å². The van der Waals surface area contributed by atoms with E-state index in [1.807, 2.05) is 39.0 Å². The Labute approximate surface area is 261 Å². The van der Waals surface area contributed by atoms with Gasteiger partial charge < -0.3 is 20.1 Å². The molecular formula is C33H49F2N5O2S. The minimum Gasteiger partial charge on any atom is -0.480 e. The quantitative estimate of drug-likeness (QED) is 0.104. The van der Waals surface area contributed by atoms with Crippen molar-refractivity contribution in [2.24, 2.45) is 0 Å². The number of aromatic nitrogens is 2. The van der Waals surface area contributed by atoms with Gasteiger partial charge in [0.25, 0.3) is 0 Å². The molecule has 0 fully saturated rings. The Bertz CT molecular complexity index is 1240. The van der Waals surface area contributed by atoms with Crippen LogP contribution in [0.5, 0.6) is 5.88 Å². The number of halogens is 2. The first-order valence-electron chi connectivity index (χ1n) is 15.0. The molecule has 43 heavy (non-hydrogen) atoms. The zero-order valence-corrected chi connectivity index (χ0v) is 27.7. The van der Waals surface area contributed by atoms with Gasteiger partial charge in [-0.05, 0) is 69.2 Å². The van der Waals surface area contributed by atoms with Crippen molar-refractivity contribution >= 4 is 41.6 Å². The summed E-state index contributed by atoms with van der Waals surface area (Å²) in [6, 6.07) is 3.69. The Morgan fingerprint density at radius 1 is 1.23 bits per heavy atom. The van der Waals surface area contributed by atoms with Gasteiger partial charge in [-0.25, -0.2) is 18.7 Å². The van der Waals surface area contributed by atoms with Crippen LogP contribution in [-0.2, 0) is 11.2 Å². The van der Waals surface area contributed by atoms with Gasteiger partial charge in [0.05, 0.1) is 18.0 Å². The van der Waals surface area contributed by atoms with Crippen molar-refractivity contribution in [2.45, 2.75) is 98.3 Å². The van der Waals surface area contributed by atoms with Crippen LogP contribution in [0.25, 0.3) is 6.08 Å². The summed E-state index contributed by atoms with van der Waals surface area (Å²) < 4.78 is 36.5. The first-order chi connectivity index (χ1) is 20.7. The van der Waals surface area contributed by atoms with E-state index in [-0.39, 0.29) is 6.04 Å². The molecule has 0 saturated carbocycles. The van der Waals surface area contributed by atoms with Gasteiger partial charge in [0.1, 0.15) is 23.2 Å². The number of nitrogens with two attached hydrogens (primary N) is 1. The van der Waals surface area contributed by atoms with Gasteiger partial charge in [0.15, 0.2) is 0 Å². The Morgan fingerprint density at radius 3 is 2.56 bits per heavy atom. The summed E-state index contributed by atoms with van der Waals surface area (Å²) in [4.78, 5) is 22.8. The molecule has 2 unspecified atom stereocenters. The summed E-state index contributed by atoms with van der Waals surface area (Å²) >= 11 is 1.09. The van der Waals surface area contributed by atoms with E-state index >= 15 is 0 Å². The van der Waals surface area contributed by atoms with Crippen LogP contribution in [0.4, 0.5) is 26.0 Å². The molecule has 2 heterocycles. The number of nitrogens with one attached hydrogen (secondary N) is 1. The Balaban J connectivity index is 0.00000452. The molecule has 1 amide bonds. The number of nitrogen functional groups attached to an aromatic ring is 1. The lowest BCUT2D eigenvalue weighted by Crippen LogP contribution is -2.34. The number of carbonyl (C=O) groups is 1. The average molecular weight is 618 g/mol. The normalized spacial score (nSPS) is 13.3. The van der Waals surface area contributed by atoms with Crippen LogP contribution in [-0.4, -0.2) is 34.8 Å². The van der Waals surface area contributed by atoms with Crippen LogP contribution in [0, 0.1) is 6.92 Å². The largest absolute Gasteiger partial charge is 0.480 e. The number of hydrogen-bond acceptors (Lipinski definition) is 7. The second kappa shape index (κ2) is 20.5. The lowest BCUT2D eigenvalue weighted by molar-refractivity contribution is -0.107. The van der Waals surface area contributed by atoms with E-state index in [0.717, 1.165) is 72.6 Å². The molecule has 0 aromatic carbocycles. The van der Waals surface area contributed by atoms with Crippen LogP contribution < -0.4 is 20.1 Å². The van der Waals surface area contributed by atoms with E-state index in [4.69, 9.17) is 10.5 Å². The van der Waals surface area contributed by atoms with Crippen LogP contribution in [0.1, 0.15) is 90.5 Å². The Kier molecular flexibility index (Phi) is 17.9. The van der Waals surface area contributed by atoms with Gasteiger partial charge in [-0.3, -0.25) is 4.79 Å². The SMILES string of the molecule is CC.CC/C=C(F)\C=C(\F)C(C)SNc1cc(/C=C/Cc2c(N(C=O)C(CC)CCCC)cc(N)nc2C)cnc1OC. The second-order valence-electron chi connectivity index (χ2n) is 9.67. The first-order valence-corrected chi connectivity index (χ1v) is 15.9. The molecule has 0 aliphatic heterocycles. The smallest absolute Gasteiger partial charge is 0.237 e. The third-order valence-electron chi connectivity index (χ3n) is 6.58. The number of allylic oxidation sites excluding steroid dienone is 4. The summed E-state index contributed by atoms with van der Waals surface area (Å²) in [6.45, 7) is 13.5. The maximum Gasteiger partial charge on any atom is 0.237 e. The highest BCUT2D eigenvalue weighted by atomic mass is 32.2. The fraction of sp³-hybridized carbons (Fsp3) is 0.485. The third-order valence-corrected chi connectivity index (χ3v) is 7.50. The summed E-state index contributed by atoms with van der Waals surface area (Å²) in [5.74, 6) is -0.454. The standard InChI is InChI=1S/C31H43F2N5O2S.C2H6/c1-7-10-14-25(9-3)38(20-39)29-18-30(34)36-21(4)26(29)15-11-13-23-16-28(31(40-6)35-19-23)37-41-22(5)27(33)17-24(32)12-8-2;1-2/h11-13,16-20,22,25,37H,7-10,14-15H2,1-6H3,(H2,34,36);1-2H3/b13-11+,24-12+,27-17+;. The highest BCUT2D eigenvalue weighted by molar-refractivity contribution is 8.01. The summed E-state index contributed by atoms with van der Waals surface area (Å²) in [7, 11) is 1.50. The summed E-state index contributed by atoms with van der Waals surface area (Å²) in [6.07, 6.45) is 13.5. The lowest BCUT2D eigenvalue weighted by Gasteiger charge is -2.30. The minimum absolute atomic E-state index is 0.0783. The number of pyridine rings is 2. The molecule has 0 saturated heterocycles. The van der Waals surface area contributed by atoms with Crippen molar-refractivity contribution in [3.05, 3.63) is 65.0 Å². The molecule has 3 N–H and O–H groups in total. The number of ether oxygens (including phenoxy) is 1. The minimum atomic E-state index is -0.639. The van der Waals surface area contributed by atoms with Crippen molar-refractivity contribution in [3.63, 3.8) is 0 Å². The average Bonchev–Trinajstić information content (AvgIpc) is 3.00. The van der Waals surface area contributed by atoms with Crippen molar-refractivity contribution < 1.29 is 18.3 Å². The van der Waals surface area contributed by atoms with Crippen molar-refractivity contribution in [1.29, 1.82) is 0 Å². The molecule has 0 aliphatic carbocycles. The van der Waals surface area contributed by atoms with E-state index in [2.05, 4.69) is 28.5 Å². The van der Waals surface area contributed by atoms with Gasteiger partial charge in [0, 0.05) is 35.6 Å². The zero-order chi connectivity index (χ0) is 32.4. The zero-order valence-electron chi connectivity index (χ0n) is 26.9. The number of hydrogen-bond donors (Lipinski definition) is 2. The van der Waals surface area contributed by atoms with Crippen LogP contribution in [0.2, 0.25) is 0 Å². The topological polar surface area (TPSA) is 93.4 Å². The Morgan fingerprint density at radius 2 is 1.95 bits per heavy atom. The van der Waals surface area contributed by atoms with Crippen molar-refractivity contribution in [3.8, 4) is 5.88 Å². The van der Waals surface area contributed by atoms with Gasteiger partial charge in [-0.1, -0.05) is 59.6 Å². The van der Waals surface area contributed by atoms with Crippen molar-refractivity contribution in [2.75, 3.05) is 22.5 Å². The van der Waals surface area contributed by atoms with Gasteiger partial charge in [0.2, 0.25) is 12.3 Å². The summed E-state index contributed by atoms with van der Waals surface area (Å²) in [5, 5.41) is -0.639. The van der Waals surface area contributed by atoms with E-state index in [1.54, 1.807) is 31.0 Å². The monoisotopic (exact) mass is 617 g/mol. The van der Waals surface area contributed by atoms with E-state index in [1.165, 1.54) is 13.2 Å². The molecule has 0 aliphatic rings. The van der Waals surface area contributed by atoms with Gasteiger partial charge >= 0.3 is 0 Å². The Hall–Kier alpha value is -3.40. The molecule has 0 bridgehead atoms. The number of amides is 1. The predicted octanol–water partition coefficient (Wildman–Crippen LogP) is 9.15. The molecule has 2 rings (SSSR count). The van der Waals surface area contributed by atoms with E-state index < -0.39 is 16.9 Å². The third kappa shape index (κ3) is 12.0. The van der Waals surface area contributed by atoms with E-state index in [0.29, 0.717) is 30.2 Å². The lowest BCUT2D eigenvalue weighted by atomic mass is 10.0. The number of rotatable bonds is 17. The molecule has 2 aromatic rings. The fourth-order valence-electron chi connectivity index (χ4n) is 4.33. The highest BCUT2D eigenvalue weighted by Crippen LogP contribution is 2.31. The number of carbonyl (C=O) groups excluding carboxylic acids is 1. The molecule has 238 valence electrons. The molecule has 2 atom stereocenters. The number of nitrogens with zero attached hydrogens (tertiary/aromatic N) is 3. The van der Waals surface area contributed by atoms with E-state index in [9.17, 15) is 13.6 Å². The highest BCUT2D eigenvalue weighted by Gasteiger charge is 2.21. The predicted molar refractivity (Wildman–Crippen MR) is 180 cm³/mol. The number of unbranched alkanes of at least 4 members (excludes halogenated alkanes) is 1. The second-order valence-corrected chi connectivity index (χ2v) is 10.8. The number of methoxy groups -OCH3 is 1. The molecule has 0 radical (unpaired) electrons. The fourth-order valence-corrected chi connectivity index (χ4v) is 4.96. The van der Waals surface area contributed by atoms with Crippen LogP contribution in [0.15, 0.2) is 48.2 Å². The van der Waals surface area contributed by atoms with Crippen molar-refractivity contribution in [1.82, 2.24) is 9.97 Å². The molecule has 2 aromatic heterocycles. The molecular weight excluding hydrogens is 568 g/mol. The number of aryl methyl sites for hydroxylation is 1. The van der Waals surface area contributed by atoms with Crippen LogP contribution in [0.3, 0.4) is 0 Å². The summed E-state index contributed by atoms with van der Waals surface area (Å²) in [5.41, 5.74) is 9.90. The first kappa shape index (κ1) is 37.6. The van der Waals surface area contributed by atoms with Crippen LogP contribution >= 0.6 is 11.9 Å². The molecule has 0 spiro atoms. The molecule has 7 nitrogen and oxygen atoms in total.